The largest absolute Gasteiger partial charge is 0.438 e. The number of aliphatic hydroxyl groups excluding tert-OH is 1. The molecular weight excluding hydrogens is 542 g/mol. The summed E-state index contributed by atoms with van der Waals surface area (Å²) < 4.78 is 54.2. The molecule has 2 N–H and O–H groups in total. The van der Waals surface area contributed by atoms with Gasteiger partial charge in [-0.25, -0.2) is 9.18 Å². The number of nitrogens with one attached hydrogen (secondary N) is 1. The van der Waals surface area contributed by atoms with Crippen LogP contribution in [-0.2, 0) is 37.4 Å². The smallest absolute Gasteiger partial charge is 0.359 e. The van der Waals surface area contributed by atoms with Crippen LogP contribution in [-0.4, -0.2) is 58.6 Å². The number of H-pyrrole nitrogens is 1. The molecule has 0 aliphatic rings. The fraction of sp³-hybridized carbons (Fsp3) is 0.667. The molecule has 13 nitrogen and oxygen atoms in total. The van der Waals surface area contributed by atoms with Gasteiger partial charge in [-0.05, 0) is 61.5 Å². The van der Waals surface area contributed by atoms with Crippen LogP contribution in [0.2, 0.25) is 0 Å². The molecule has 15 heteroatoms. The van der Waals surface area contributed by atoms with Crippen LogP contribution in [0.1, 0.15) is 61.6 Å². The van der Waals surface area contributed by atoms with Gasteiger partial charge in [-0.3, -0.25) is 37.5 Å². The standard InChI is InChI=1S/C24H38FN2O11P/c1-15(25)19(29)17(38-16(2)27-11-9-18(28)26-22(27)32)10-12-39(33,36-13-34-20(30)23(3,4)5)37-14-35-21(31)24(6,7)8/h9-12,15-17,19,29H,13-14H2,1-8H3,(H,26,28,32)/b12-10-. The second-order valence-corrected chi connectivity index (χ2v) is 12.5. The highest BCUT2D eigenvalue weighted by atomic mass is 31.2. The monoisotopic (exact) mass is 580 g/mol. The molecule has 0 saturated heterocycles. The third-order valence-corrected chi connectivity index (χ3v) is 6.40. The van der Waals surface area contributed by atoms with Crippen molar-refractivity contribution in [2.75, 3.05) is 13.6 Å². The molecule has 39 heavy (non-hydrogen) atoms. The van der Waals surface area contributed by atoms with Gasteiger partial charge in [0.25, 0.3) is 5.56 Å². The third-order valence-electron chi connectivity index (χ3n) is 4.93. The number of aliphatic hydroxyl groups is 1. The van der Waals surface area contributed by atoms with Crippen molar-refractivity contribution in [3.8, 4) is 0 Å². The number of ether oxygens (including phenoxy) is 3. The van der Waals surface area contributed by atoms with Gasteiger partial charge in [-0.1, -0.05) is 0 Å². The Morgan fingerprint density at radius 3 is 1.95 bits per heavy atom. The van der Waals surface area contributed by atoms with Crippen molar-refractivity contribution in [3.05, 3.63) is 45.0 Å². The molecule has 4 atom stereocenters. The Balaban J connectivity index is 3.20. The Hall–Kier alpha value is -2.64. The lowest BCUT2D eigenvalue weighted by atomic mass is 9.98. The maximum absolute atomic E-state index is 14.0. The maximum Gasteiger partial charge on any atom is 0.359 e. The number of esters is 2. The number of aromatic amines is 1. The molecule has 1 aromatic heterocycles. The first-order chi connectivity index (χ1) is 17.8. The lowest BCUT2D eigenvalue weighted by Crippen LogP contribution is -2.38. The van der Waals surface area contributed by atoms with Crippen molar-refractivity contribution in [1.82, 2.24) is 9.55 Å². The lowest BCUT2D eigenvalue weighted by Gasteiger charge is -2.26. The first-order valence-electron chi connectivity index (χ1n) is 12.0. The summed E-state index contributed by atoms with van der Waals surface area (Å²) in [6.07, 6.45) is -4.14. The van der Waals surface area contributed by atoms with E-state index in [4.69, 9.17) is 23.3 Å². The second-order valence-electron chi connectivity index (χ2n) is 10.6. The van der Waals surface area contributed by atoms with Crippen molar-refractivity contribution in [2.24, 2.45) is 10.8 Å². The van der Waals surface area contributed by atoms with E-state index in [2.05, 4.69) is 0 Å². The van der Waals surface area contributed by atoms with Gasteiger partial charge in [-0.2, -0.15) is 0 Å². The van der Waals surface area contributed by atoms with E-state index in [0.29, 0.717) is 0 Å². The van der Waals surface area contributed by atoms with Crippen LogP contribution in [0.25, 0.3) is 0 Å². The topological polar surface area (TPSA) is 172 Å². The zero-order chi connectivity index (χ0) is 30.2. The van der Waals surface area contributed by atoms with E-state index in [0.717, 1.165) is 35.6 Å². The minimum absolute atomic E-state index is 0.646. The van der Waals surface area contributed by atoms with Gasteiger partial charge in [0.1, 0.15) is 24.6 Å². The SMILES string of the molecule is CC(F)C(O)C(/C=C\P(=O)(OCOC(=O)C(C)(C)C)OCOC(=O)C(C)(C)C)OC(C)n1ccc(=O)[nH]c1=O. The zero-order valence-electron chi connectivity index (χ0n) is 23.3. The molecule has 0 aliphatic heterocycles. The predicted molar refractivity (Wildman–Crippen MR) is 137 cm³/mol. The Bertz CT molecular complexity index is 1130. The van der Waals surface area contributed by atoms with E-state index in [1.165, 1.54) is 6.92 Å². The van der Waals surface area contributed by atoms with Crippen LogP contribution >= 0.6 is 7.60 Å². The van der Waals surface area contributed by atoms with Crippen molar-refractivity contribution in [1.29, 1.82) is 0 Å². The van der Waals surface area contributed by atoms with Crippen LogP contribution in [0.5, 0.6) is 0 Å². The van der Waals surface area contributed by atoms with E-state index in [-0.39, 0.29) is 0 Å². The van der Waals surface area contributed by atoms with Gasteiger partial charge < -0.3 is 19.3 Å². The average Bonchev–Trinajstić information content (AvgIpc) is 2.79. The van der Waals surface area contributed by atoms with Gasteiger partial charge in [0.05, 0.1) is 10.8 Å². The number of hydrogen-bond acceptors (Lipinski definition) is 11. The Morgan fingerprint density at radius 1 is 1.05 bits per heavy atom. The highest BCUT2D eigenvalue weighted by Crippen LogP contribution is 2.50. The lowest BCUT2D eigenvalue weighted by molar-refractivity contribution is -0.161. The number of rotatable bonds is 13. The van der Waals surface area contributed by atoms with Crippen LogP contribution in [0.3, 0.4) is 0 Å². The average molecular weight is 581 g/mol. The van der Waals surface area contributed by atoms with Crippen molar-refractivity contribution < 1.29 is 46.9 Å². The molecule has 1 heterocycles. The summed E-state index contributed by atoms with van der Waals surface area (Å²) in [6.45, 7) is 10.4. The number of carbonyl (C=O) groups excluding carboxylic acids is 2. The predicted octanol–water partition coefficient (Wildman–Crippen LogP) is 2.99. The molecule has 0 radical (unpaired) electrons. The zero-order valence-corrected chi connectivity index (χ0v) is 24.2. The molecule has 222 valence electrons. The summed E-state index contributed by atoms with van der Waals surface area (Å²) in [7, 11) is -4.36. The molecule has 0 fully saturated rings. The van der Waals surface area contributed by atoms with E-state index in [9.17, 15) is 33.2 Å². The maximum atomic E-state index is 14.0. The quantitative estimate of drug-likeness (QED) is 0.200. The summed E-state index contributed by atoms with van der Waals surface area (Å²) in [5, 5.41) is 10.4. The molecule has 1 rings (SSSR count). The van der Waals surface area contributed by atoms with Crippen LogP contribution in [0.15, 0.2) is 33.7 Å². The Labute approximate surface area is 225 Å². The number of carbonyl (C=O) groups is 2. The van der Waals surface area contributed by atoms with Gasteiger partial charge in [0.15, 0.2) is 0 Å². The molecule has 0 saturated carbocycles. The number of nitrogens with zero attached hydrogens (tertiary/aromatic N) is 1. The van der Waals surface area contributed by atoms with Crippen LogP contribution in [0, 0.1) is 10.8 Å². The number of halogens is 1. The third kappa shape index (κ3) is 11.6. The second kappa shape index (κ2) is 14.1. The van der Waals surface area contributed by atoms with Gasteiger partial charge >= 0.3 is 25.2 Å². The van der Waals surface area contributed by atoms with E-state index in [1.54, 1.807) is 41.5 Å². The normalized spacial score (nSPS) is 15.9. The summed E-state index contributed by atoms with van der Waals surface area (Å²) >= 11 is 0. The highest BCUT2D eigenvalue weighted by molar-refractivity contribution is 7.57. The fourth-order valence-electron chi connectivity index (χ4n) is 2.56. The molecule has 0 bridgehead atoms. The first kappa shape index (κ1) is 34.4. The van der Waals surface area contributed by atoms with Crippen LogP contribution < -0.4 is 11.2 Å². The van der Waals surface area contributed by atoms with Crippen LogP contribution in [0.4, 0.5) is 4.39 Å². The van der Waals surface area contributed by atoms with Crippen molar-refractivity contribution in [3.63, 3.8) is 0 Å². The summed E-state index contributed by atoms with van der Waals surface area (Å²) in [5.74, 6) is -0.512. The van der Waals surface area contributed by atoms with Gasteiger partial charge in [0.2, 0.25) is 13.6 Å². The van der Waals surface area contributed by atoms with Crippen molar-refractivity contribution in [2.45, 2.75) is 80.0 Å². The fourth-order valence-corrected chi connectivity index (χ4v) is 3.59. The Kier molecular flexibility index (Phi) is 12.5. The first-order valence-corrected chi connectivity index (χ1v) is 13.6. The van der Waals surface area contributed by atoms with Gasteiger partial charge in [0, 0.05) is 18.1 Å². The summed E-state index contributed by atoms with van der Waals surface area (Å²) in [5.41, 5.74) is -3.24. The minimum Gasteiger partial charge on any atom is -0.438 e. The summed E-state index contributed by atoms with van der Waals surface area (Å²) in [6, 6.07) is 1.06. The number of aromatic nitrogens is 2. The Morgan fingerprint density at radius 2 is 1.54 bits per heavy atom. The van der Waals surface area contributed by atoms with E-state index in [1.807, 2.05) is 4.98 Å². The molecule has 0 aliphatic carbocycles. The molecule has 1 aromatic rings. The molecule has 0 aromatic carbocycles. The molecule has 0 amide bonds. The number of alkyl halides is 1. The molecule has 4 unspecified atom stereocenters. The van der Waals surface area contributed by atoms with Gasteiger partial charge in [-0.15, -0.1) is 0 Å². The molecular formula is C24H38FN2O11P. The molecule has 0 spiro atoms. The highest BCUT2D eigenvalue weighted by Gasteiger charge is 2.31. The van der Waals surface area contributed by atoms with E-state index < -0.39 is 79.8 Å². The van der Waals surface area contributed by atoms with E-state index >= 15 is 0 Å². The van der Waals surface area contributed by atoms with Crippen molar-refractivity contribution >= 4 is 19.5 Å². The number of hydrogen-bond donors (Lipinski definition) is 2. The summed E-state index contributed by atoms with van der Waals surface area (Å²) in [4.78, 5) is 49.5. The minimum atomic E-state index is -4.36.